The molecular formula is C9H6Br2FNO2. The molecule has 0 aromatic heterocycles. The summed E-state index contributed by atoms with van der Waals surface area (Å²) in [7, 11) is 0. The van der Waals surface area contributed by atoms with Crippen LogP contribution in [-0.2, 0) is 0 Å². The van der Waals surface area contributed by atoms with Crippen molar-refractivity contribution >= 4 is 31.9 Å². The van der Waals surface area contributed by atoms with Gasteiger partial charge in [0.05, 0.1) is 6.07 Å². The molecule has 15 heavy (non-hydrogen) atoms. The molecule has 0 bridgehead atoms. The number of rotatable bonds is 2. The number of nitriles is 1. The molecule has 0 aliphatic heterocycles. The number of nitrogens with zero attached hydrogens (tertiary/aromatic N) is 1. The van der Waals surface area contributed by atoms with Gasteiger partial charge in [0.2, 0.25) is 0 Å². The van der Waals surface area contributed by atoms with E-state index in [1.807, 2.05) is 0 Å². The zero-order chi connectivity index (χ0) is 11.6. The first-order chi connectivity index (χ1) is 6.97. The molecule has 1 aromatic carbocycles. The van der Waals surface area contributed by atoms with Crippen molar-refractivity contribution in [2.75, 3.05) is 0 Å². The van der Waals surface area contributed by atoms with E-state index >= 15 is 0 Å². The Morgan fingerprint density at radius 3 is 2.13 bits per heavy atom. The molecule has 0 saturated carbocycles. The fourth-order valence-corrected chi connectivity index (χ4v) is 2.66. The van der Waals surface area contributed by atoms with Gasteiger partial charge in [-0.2, -0.15) is 5.26 Å². The second-order valence-corrected chi connectivity index (χ2v) is 4.51. The Bertz CT molecular complexity index is 396. The summed E-state index contributed by atoms with van der Waals surface area (Å²) in [5.74, 6) is -0.490. The third-order valence-electron chi connectivity index (χ3n) is 1.77. The minimum Gasteiger partial charge on any atom is -0.384 e. The van der Waals surface area contributed by atoms with Crippen LogP contribution >= 0.6 is 31.9 Å². The maximum Gasteiger partial charge on any atom is 0.170 e. The van der Waals surface area contributed by atoms with Crippen molar-refractivity contribution in [1.82, 2.24) is 0 Å². The molecule has 1 rings (SSSR count). The Balaban J connectivity index is 3.21. The standard InChI is InChI=1S/C9H6Br2FNO2/c10-5-1-4(12)2-6(11)8(5)9(15)7(14)3-13/h1-2,7,9,14-15H. The summed E-state index contributed by atoms with van der Waals surface area (Å²) in [6, 6.07) is 3.79. The molecule has 0 radical (unpaired) electrons. The quantitative estimate of drug-likeness (QED) is 0.813. The summed E-state index contributed by atoms with van der Waals surface area (Å²) in [6.07, 6.45) is -2.94. The van der Waals surface area contributed by atoms with Gasteiger partial charge in [-0.05, 0) is 12.1 Å². The highest BCUT2D eigenvalue weighted by molar-refractivity contribution is 9.11. The molecule has 3 nitrogen and oxygen atoms in total. The van der Waals surface area contributed by atoms with Gasteiger partial charge >= 0.3 is 0 Å². The second kappa shape index (κ2) is 5.03. The maximum atomic E-state index is 12.9. The first-order valence-electron chi connectivity index (χ1n) is 3.87. The Morgan fingerprint density at radius 2 is 1.73 bits per heavy atom. The molecule has 0 amide bonds. The first kappa shape index (κ1) is 12.6. The molecule has 1 aromatic rings. The van der Waals surface area contributed by atoms with Crippen LogP contribution in [0.5, 0.6) is 0 Å². The normalized spacial score (nSPS) is 14.4. The van der Waals surface area contributed by atoms with Gasteiger partial charge in [0.25, 0.3) is 0 Å². The van der Waals surface area contributed by atoms with E-state index in [1.165, 1.54) is 6.07 Å². The molecule has 80 valence electrons. The lowest BCUT2D eigenvalue weighted by atomic mass is 10.1. The van der Waals surface area contributed by atoms with Crippen LogP contribution in [0.2, 0.25) is 0 Å². The monoisotopic (exact) mass is 337 g/mol. The minimum absolute atomic E-state index is 0.241. The van der Waals surface area contributed by atoms with Crippen LogP contribution in [0.1, 0.15) is 11.7 Å². The lowest BCUT2D eigenvalue weighted by Crippen LogP contribution is -2.16. The molecule has 0 aliphatic carbocycles. The average molecular weight is 339 g/mol. The van der Waals surface area contributed by atoms with E-state index in [0.29, 0.717) is 0 Å². The van der Waals surface area contributed by atoms with Crippen molar-refractivity contribution in [3.63, 3.8) is 0 Å². The van der Waals surface area contributed by atoms with E-state index in [-0.39, 0.29) is 14.5 Å². The van der Waals surface area contributed by atoms with Crippen LogP contribution in [-0.4, -0.2) is 16.3 Å². The number of aliphatic hydroxyl groups is 2. The summed E-state index contributed by atoms with van der Waals surface area (Å²) >= 11 is 6.09. The highest BCUT2D eigenvalue weighted by atomic mass is 79.9. The molecule has 2 N–H and O–H groups in total. The van der Waals surface area contributed by atoms with Crippen molar-refractivity contribution in [1.29, 1.82) is 5.26 Å². The van der Waals surface area contributed by atoms with Gasteiger partial charge in [0.15, 0.2) is 6.10 Å². The Kier molecular flexibility index (Phi) is 4.22. The number of aliphatic hydroxyl groups excluding tert-OH is 2. The Hall–Kier alpha value is -0.480. The predicted molar refractivity (Wildman–Crippen MR) is 58.4 cm³/mol. The fourth-order valence-electron chi connectivity index (χ4n) is 1.06. The van der Waals surface area contributed by atoms with Crippen molar-refractivity contribution in [3.8, 4) is 6.07 Å². The molecule has 6 heteroatoms. The molecule has 0 fully saturated rings. The van der Waals surface area contributed by atoms with Crippen LogP contribution in [0.15, 0.2) is 21.1 Å². The van der Waals surface area contributed by atoms with Crippen molar-refractivity contribution in [2.24, 2.45) is 0 Å². The number of hydrogen-bond donors (Lipinski definition) is 2. The van der Waals surface area contributed by atoms with Gasteiger partial charge in [-0.3, -0.25) is 0 Å². The van der Waals surface area contributed by atoms with E-state index in [2.05, 4.69) is 31.9 Å². The van der Waals surface area contributed by atoms with Gasteiger partial charge in [-0.15, -0.1) is 0 Å². The van der Waals surface area contributed by atoms with E-state index in [0.717, 1.165) is 12.1 Å². The highest BCUT2D eigenvalue weighted by Gasteiger charge is 2.23. The number of halogens is 3. The van der Waals surface area contributed by atoms with Gasteiger partial charge in [-0.25, -0.2) is 4.39 Å². The number of hydrogen-bond acceptors (Lipinski definition) is 3. The summed E-state index contributed by atoms with van der Waals surface area (Å²) in [5, 5.41) is 27.2. The van der Waals surface area contributed by atoms with Crippen LogP contribution in [0.25, 0.3) is 0 Å². The molecule has 0 spiro atoms. The second-order valence-electron chi connectivity index (χ2n) is 2.80. The van der Waals surface area contributed by atoms with E-state index in [9.17, 15) is 9.50 Å². The molecule has 0 saturated heterocycles. The van der Waals surface area contributed by atoms with Gasteiger partial charge in [0.1, 0.15) is 11.9 Å². The van der Waals surface area contributed by atoms with E-state index in [4.69, 9.17) is 10.4 Å². The molecular weight excluding hydrogens is 333 g/mol. The fraction of sp³-hybridized carbons (Fsp3) is 0.222. The first-order valence-corrected chi connectivity index (χ1v) is 5.46. The molecule has 2 atom stereocenters. The third kappa shape index (κ3) is 2.75. The largest absolute Gasteiger partial charge is 0.384 e. The number of benzene rings is 1. The summed E-state index contributed by atoms with van der Waals surface area (Å²) < 4.78 is 13.5. The zero-order valence-corrected chi connectivity index (χ0v) is 10.5. The van der Waals surface area contributed by atoms with Crippen molar-refractivity contribution in [2.45, 2.75) is 12.2 Å². The van der Waals surface area contributed by atoms with Gasteiger partial charge in [-0.1, -0.05) is 31.9 Å². The third-order valence-corrected chi connectivity index (χ3v) is 3.08. The Morgan fingerprint density at radius 1 is 1.27 bits per heavy atom. The minimum atomic E-state index is -1.55. The van der Waals surface area contributed by atoms with Crippen LogP contribution < -0.4 is 0 Å². The summed E-state index contributed by atoms with van der Waals surface area (Å²) in [4.78, 5) is 0. The highest BCUT2D eigenvalue weighted by Crippen LogP contribution is 2.33. The predicted octanol–water partition coefficient (Wildman–Crippen LogP) is 2.27. The summed E-state index contributed by atoms with van der Waals surface area (Å²) in [6.45, 7) is 0. The molecule has 2 unspecified atom stereocenters. The van der Waals surface area contributed by atoms with Crippen molar-refractivity contribution < 1.29 is 14.6 Å². The molecule has 0 heterocycles. The average Bonchev–Trinajstić information content (AvgIpc) is 2.14. The summed E-state index contributed by atoms with van der Waals surface area (Å²) in [5.41, 5.74) is 0.241. The SMILES string of the molecule is N#CC(O)C(O)c1c(Br)cc(F)cc1Br. The van der Waals surface area contributed by atoms with E-state index < -0.39 is 18.0 Å². The lowest BCUT2D eigenvalue weighted by molar-refractivity contribution is 0.0518. The van der Waals surface area contributed by atoms with Crippen LogP contribution in [0.4, 0.5) is 4.39 Å². The van der Waals surface area contributed by atoms with Crippen LogP contribution in [0, 0.1) is 17.1 Å². The van der Waals surface area contributed by atoms with Gasteiger partial charge < -0.3 is 10.2 Å². The maximum absolute atomic E-state index is 12.9. The van der Waals surface area contributed by atoms with Crippen LogP contribution in [0.3, 0.4) is 0 Å². The lowest BCUT2D eigenvalue weighted by Gasteiger charge is -2.15. The van der Waals surface area contributed by atoms with Gasteiger partial charge in [0, 0.05) is 14.5 Å². The van der Waals surface area contributed by atoms with Crippen molar-refractivity contribution in [3.05, 3.63) is 32.5 Å². The zero-order valence-electron chi connectivity index (χ0n) is 7.28. The van der Waals surface area contributed by atoms with E-state index in [1.54, 1.807) is 0 Å². The molecule has 0 aliphatic rings. The Labute approximate surface area is 102 Å². The smallest absolute Gasteiger partial charge is 0.170 e. The topological polar surface area (TPSA) is 64.2 Å².